The van der Waals surface area contributed by atoms with Crippen molar-refractivity contribution in [1.29, 1.82) is 0 Å². The molecule has 1 N–H and O–H groups in total. The minimum Gasteiger partial charge on any atom is -0.480 e. The molecule has 7 nitrogen and oxygen atoms in total. The number of carboxylic acid groups (broad SMARTS) is 1. The molecule has 7 heteroatoms. The van der Waals surface area contributed by atoms with Gasteiger partial charge in [0.15, 0.2) is 0 Å². The highest BCUT2D eigenvalue weighted by molar-refractivity contribution is 5.77. The monoisotopic (exact) mass is 242 g/mol. The Morgan fingerprint density at radius 1 is 1.59 bits per heavy atom. The van der Waals surface area contributed by atoms with Gasteiger partial charge in [0.25, 0.3) is 0 Å². The molecular weight excluding hydrogens is 228 g/mol. The number of aliphatic carboxylic acids is 1. The van der Waals surface area contributed by atoms with Gasteiger partial charge in [-0.2, -0.15) is 0 Å². The zero-order chi connectivity index (χ0) is 13.2. The van der Waals surface area contributed by atoms with Crippen molar-refractivity contribution >= 4 is 11.9 Å². The van der Waals surface area contributed by atoms with Crippen molar-refractivity contribution in [1.82, 2.24) is 4.90 Å². The van der Waals surface area contributed by atoms with Crippen molar-refractivity contribution in [2.45, 2.75) is 25.9 Å². The Morgan fingerprint density at radius 2 is 2.18 bits per heavy atom. The van der Waals surface area contributed by atoms with Gasteiger partial charge in [-0.3, -0.25) is 19.8 Å². The van der Waals surface area contributed by atoms with E-state index in [1.807, 2.05) is 0 Å². The Bertz CT molecular complexity index is 438. The van der Waals surface area contributed by atoms with E-state index in [2.05, 4.69) is 0 Å². The summed E-state index contributed by atoms with van der Waals surface area (Å²) in [5.41, 5.74) is -1.07. The second-order valence-corrected chi connectivity index (χ2v) is 4.22. The third-order valence-corrected chi connectivity index (χ3v) is 2.70. The Balaban J connectivity index is 2.77. The van der Waals surface area contributed by atoms with Crippen molar-refractivity contribution in [3.63, 3.8) is 0 Å². The summed E-state index contributed by atoms with van der Waals surface area (Å²) < 4.78 is 4.96. The highest BCUT2D eigenvalue weighted by Crippen LogP contribution is 2.20. The zero-order valence-electron chi connectivity index (χ0n) is 9.84. The summed E-state index contributed by atoms with van der Waals surface area (Å²) in [6, 6.07) is 2.71. The molecule has 0 atom stereocenters. The molecule has 0 aliphatic carbocycles. The van der Waals surface area contributed by atoms with Gasteiger partial charge in [0.1, 0.15) is 16.2 Å². The fourth-order valence-electron chi connectivity index (χ4n) is 1.14. The fraction of sp³-hybridized carbons (Fsp3) is 0.500. The van der Waals surface area contributed by atoms with Crippen molar-refractivity contribution in [3.05, 3.63) is 28.0 Å². The minimum atomic E-state index is -1.07. The number of nitro groups is 1. The first kappa shape index (κ1) is 13.2. The van der Waals surface area contributed by atoms with Crippen LogP contribution in [-0.2, 0) is 11.3 Å². The third-order valence-electron chi connectivity index (χ3n) is 2.70. The number of nitrogens with zero attached hydrogens (tertiary/aromatic N) is 2. The highest BCUT2D eigenvalue weighted by Gasteiger charge is 2.32. The summed E-state index contributed by atoms with van der Waals surface area (Å²) in [5.74, 6) is -0.962. The molecule has 1 aromatic rings. The average Bonchev–Trinajstić information content (AvgIpc) is 2.65. The first-order valence-electron chi connectivity index (χ1n) is 4.93. The molecule has 94 valence electrons. The summed E-state index contributed by atoms with van der Waals surface area (Å²) in [6.45, 7) is 3.28. The first-order chi connectivity index (χ1) is 7.75. The Hall–Kier alpha value is -1.89. The van der Waals surface area contributed by atoms with Crippen LogP contribution in [0, 0.1) is 10.1 Å². The quantitative estimate of drug-likeness (QED) is 0.620. The van der Waals surface area contributed by atoms with Crippen LogP contribution in [0.4, 0.5) is 5.88 Å². The van der Waals surface area contributed by atoms with Crippen LogP contribution in [0.2, 0.25) is 0 Å². The van der Waals surface area contributed by atoms with Crippen LogP contribution < -0.4 is 0 Å². The molecule has 0 amide bonds. The van der Waals surface area contributed by atoms with Gasteiger partial charge < -0.3 is 9.52 Å². The maximum Gasteiger partial charge on any atom is 0.433 e. The van der Waals surface area contributed by atoms with E-state index < -0.39 is 16.4 Å². The van der Waals surface area contributed by atoms with Crippen LogP contribution in [0.15, 0.2) is 16.5 Å². The predicted molar refractivity (Wildman–Crippen MR) is 58.5 cm³/mol. The molecule has 0 aliphatic rings. The van der Waals surface area contributed by atoms with Gasteiger partial charge in [-0.25, -0.2) is 0 Å². The lowest BCUT2D eigenvalue weighted by molar-refractivity contribution is -0.402. The number of hydrogen-bond acceptors (Lipinski definition) is 5. The molecule has 0 saturated heterocycles. The molecular formula is C10H14N2O5. The minimum absolute atomic E-state index is 0.188. The number of carboxylic acids is 1. The van der Waals surface area contributed by atoms with Gasteiger partial charge in [0.05, 0.1) is 12.6 Å². The molecule has 0 fully saturated rings. The van der Waals surface area contributed by atoms with E-state index in [0.29, 0.717) is 5.76 Å². The van der Waals surface area contributed by atoms with E-state index >= 15 is 0 Å². The fourth-order valence-corrected chi connectivity index (χ4v) is 1.14. The lowest BCUT2D eigenvalue weighted by atomic mass is 10.0. The van der Waals surface area contributed by atoms with Gasteiger partial charge in [-0.1, -0.05) is 0 Å². The largest absolute Gasteiger partial charge is 0.480 e. The molecule has 1 aromatic heterocycles. The number of carbonyl (C=O) groups is 1. The summed E-state index contributed by atoms with van der Waals surface area (Å²) in [7, 11) is 1.61. The van der Waals surface area contributed by atoms with Crippen LogP contribution in [0.3, 0.4) is 0 Å². The van der Waals surface area contributed by atoms with E-state index in [1.165, 1.54) is 17.0 Å². The topological polar surface area (TPSA) is 96.8 Å². The van der Waals surface area contributed by atoms with Gasteiger partial charge in [0.2, 0.25) is 0 Å². The Labute approximate surface area is 97.8 Å². The smallest absolute Gasteiger partial charge is 0.433 e. The number of hydrogen-bond donors (Lipinski definition) is 1. The highest BCUT2D eigenvalue weighted by atomic mass is 16.6. The predicted octanol–water partition coefficient (Wildman–Crippen LogP) is 1.48. The van der Waals surface area contributed by atoms with Gasteiger partial charge in [0, 0.05) is 0 Å². The molecule has 1 rings (SSSR count). The van der Waals surface area contributed by atoms with Crippen LogP contribution in [0.1, 0.15) is 19.6 Å². The molecule has 0 radical (unpaired) electrons. The molecule has 0 aromatic carbocycles. The van der Waals surface area contributed by atoms with Crippen molar-refractivity contribution in [2.75, 3.05) is 7.05 Å². The first-order valence-corrected chi connectivity index (χ1v) is 4.93. The molecule has 0 bridgehead atoms. The maximum absolute atomic E-state index is 11.0. The number of likely N-dealkylation sites (N-methyl/N-ethyl adjacent to an activating group) is 1. The van der Waals surface area contributed by atoms with E-state index in [0.717, 1.165) is 0 Å². The number of rotatable bonds is 5. The zero-order valence-corrected chi connectivity index (χ0v) is 9.84. The Kier molecular flexibility index (Phi) is 3.52. The van der Waals surface area contributed by atoms with Gasteiger partial charge >= 0.3 is 11.9 Å². The molecule has 0 spiro atoms. The van der Waals surface area contributed by atoms with Crippen molar-refractivity contribution < 1.29 is 19.2 Å². The van der Waals surface area contributed by atoms with Crippen LogP contribution in [0.5, 0.6) is 0 Å². The lowest BCUT2D eigenvalue weighted by Gasteiger charge is -2.30. The molecule has 17 heavy (non-hydrogen) atoms. The molecule has 0 aliphatic heterocycles. The van der Waals surface area contributed by atoms with Crippen molar-refractivity contribution in [3.8, 4) is 0 Å². The van der Waals surface area contributed by atoms with Gasteiger partial charge in [-0.15, -0.1) is 0 Å². The van der Waals surface area contributed by atoms with Crippen molar-refractivity contribution in [2.24, 2.45) is 0 Å². The second kappa shape index (κ2) is 4.54. The van der Waals surface area contributed by atoms with Crippen LogP contribution >= 0.6 is 0 Å². The standard InChI is InChI=1S/C10H14N2O5/c1-10(2,9(13)14)11(3)6-7-4-5-8(17-7)12(15)16/h4-5H,6H2,1-3H3,(H,13,14). The van der Waals surface area contributed by atoms with E-state index in [9.17, 15) is 14.9 Å². The Morgan fingerprint density at radius 3 is 2.59 bits per heavy atom. The maximum atomic E-state index is 11.0. The van der Waals surface area contributed by atoms with E-state index in [1.54, 1.807) is 20.9 Å². The normalized spacial score (nSPS) is 11.8. The molecule has 1 heterocycles. The van der Waals surface area contributed by atoms with Gasteiger partial charge in [-0.05, 0) is 27.0 Å². The third kappa shape index (κ3) is 2.82. The molecule has 0 saturated carbocycles. The van der Waals surface area contributed by atoms with Crippen LogP contribution in [0.25, 0.3) is 0 Å². The van der Waals surface area contributed by atoms with E-state index in [4.69, 9.17) is 9.52 Å². The second-order valence-electron chi connectivity index (χ2n) is 4.22. The molecule has 0 unspecified atom stereocenters. The lowest BCUT2D eigenvalue weighted by Crippen LogP contribution is -2.47. The summed E-state index contributed by atoms with van der Waals surface area (Å²) in [4.78, 5) is 22.3. The summed E-state index contributed by atoms with van der Waals surface area (Å²) in [5, 5.41) is 19.4. The average molecular weight is 242 g/mol. The summed E-state index contributed by atoms with van der Waals surface area (Å²) in [6.07, 6.45) is 0. The number of furan rings is 1. The SMILES string of the molecule is CN(Cc1ccc([N+](=O)[O-])o1)C(C)(C)C(=O)O. The van der Waals surface area contributed by atoms with Crippen LogP contribution in [-0.4, -0.2) is 33.5 Å². The van der Waals surface area contributed by atoms with E-state index in [-0.39, 0.29) is 12.4 Å². The summed E-state index contributed by atoms with van der Waals surface area (Å²) >= 11 is 0.